The highest BCUT2D eigenvalue weighted by Gasteiger charge is 2.58. The van der Waals surface area contributed by atoms with E-state index in [1.807, 2.05) is 12.3 Å². The van der Waals surface area contributed by atoms with E-state index >= 15 is 8.78 Å². The molecule has 0 spiro atoms. The smallest absolute Gasteiger partial charge is 0.323 e. The van der Waals surface area contributed by atoms with Crippen molar-refractivity contribution < 1.29 is 32.2 Å². The number of nitrogens with zero attached hydrogens (tertiary/aromatic N) is 2. The molecule has 0 aliphatic rings. The number of hydrazine groups is 1. The number of hydrogen-bond acceptors (Lipinski definition) is 5. The molecular weight excluding hydrogens is 488 g/mol. The van der Waals surface area contributed by atoms with Gasteiger partial charge in [0.05, 0.1) is 12.7 Å². The predicted molar refractivity (Wildman–Crippen MR) is 122 cm³/mol. The Morgan fingerprint density at radius 2 is 1.83 bits per heavy atom. The summed E-state index contributed by atoms with van der Waals surface area (Å²) in [5, 5.41) is 11.1. The number of rotatable bonds is 9. The van der Waals surface area contributed by atoms with Gasteiger partial charge < -0.3 is 15.6 Å². The summed E-state index contributed by atoms with van der Waals surface area (Å²) in [5.41, 5.74) is 3.06. The quantitative estimate of drug-likeness (QED) is 0.176. The van der Waals surface area contributed by atoms with Gasteiger partial charge in [0, 0.05) is 11.6 Å². The monoisotopic (exact) mass is 508 g/mol. The third kappa shape index (κ3) is 5.49. The fraction of sp³-hybridized carbons (Fsp3) is 0.174. The number of carbonyl (C=O) groups excluding carboxylic acids is 1. The van der Waals surface area contributed by atoms with Crippen LogP contribution in [0.5, 0.6) is 11.5 Å². The summed E-state index contributed by atoms with van der Waals surface area (Å²) in [6, 6.07) is 10.7. The molecule has 0 fully saturated rings. The van der Waals surface area contributed by atoms with E-state index in [1.54, 1.807) is 24.3 Å². The van der Waals surface area contributed by atoms with Crippen molar-refractivity contribution in [1.29, 1.82) is 0 Å². The van der Waals surface area contributed by atoms with Gasteiger partial charge in [0.2, 0.25) is 6.41 Å². The van der Waals surface area contributed by atoms with Gasteiger partial charge in [-0.15, -0.1) is 0 Å². The summed E-state index contributed by atoms with van der Waals surface area (Å²) in [4.78, 5) is 14.6. The summed E-state index contributed by atoms with van der Waals surface area (Å²) < 4.78 is 65.2. The zero-order valence-electron chi connectivity index (χ0n) is 18.2. The minimum absolute atomic E-state index is 0.0776. The van der Waals surface area contributed by atoms with E-state index < -0.39 is 46.1 Å². The molecule has 2 aromatic carbocycles. The van der Waals surface area contributed by atoms with Crippen molar-refractivity contribution in [3.05, 3.63) is 89.2 Å². The fourth-order valence-corrected chi connectivity index (χ4v) is 3.36. The predicted octanol–water partition coefficient (Wildman–Crippen LogP) is 3.65. The molecule has 1 atom stereocenters. The van der Waals surface area contributed by atoms with Crippen molar-refractivity contribution in [2.45, 2.75) is 18.4 Å². The standard InChI is InChI=1S/C23H20F4N4O3S/c1-14-2-5-16(6-3-14)34-17-7-9-20(29-11-17)23(26,27)22(33,12-31(21(28)35)30-13-32)18-8-4-15(24)10-19(18)25/h2-11,13,33H,12H2,1H3,(H2,28,35)(H,30,32). The Morgan fingerprint density at radius 1 is 1.17 bits per heavy atom. The van der Waals surface area contributed by atoms with E-state index in [2.05, 4.69) is 4.98 Å². The first-order chi connectivity index (χ1) is 16.5. The second kappa shape index (κ2) is 10.2. The third-order valence-corrected chi connectivity index (χ3v) is 5.29. The SMILES string of the molecule is Cc1ccc(Oc2ccc(C(F)(F)C(O)(CN(NC=O)C(N)=S)c3ccc(F)cc3F)nc2)cc1. The van der Waals surface area contributed by atoms with Crippen LogP contribution in [0.15, 0.2) is 60.8 Å². The molecule has 3 rings (SSSR count). The number of alkyl halides is 2. The second-order valence-electron chi connectivity index (χ2n) is 7.52. The molecule has 0 aliphatic carbocycles. The van der Waals surface area contributed by atoms with Crippen LogP contribution in [0.4, 0.5) is 17.6 Å². The van der Waals surface area contributed by atoms with Gasteiger partial charge in [-0.05, 0) is 55.5 Å². The molecule has 4 N–H and O–H groups in total. The first kappa shape index (κ1) is 25.8. The Morgan fingerprint density at radius 3 is 2.37 bits per heavy atom. The third-order valence-electron chi connectivity index (χ3n) is 5.07. The van der Waals surface area contributed by atoms with Crippen LogP contribution >= 0.6 is 12.2 Å². The van der Waals surface area contributed by atoms with Crippen LogP contribution < -0.4 is 15.9 Å². The number of carbonyl (C=O) groups is 1. The van der Waals surface area contributed by atoms with Gasteiger partial charge in [-0.3, -0.25) is 20.2 Å². The summed E-state index contributed by atoms with van der Waals surface area (Å²) >= 11 is 4.72. The number of ether oxygens (including phenoxy) is 1. The summed E-state index contributed by atoms with van der Waals surface area (Å²) in [7, 11) is 0. The second-order valence-corrected chi connectivity index (χ2v) is 7.94. The molecule has 1 amide bonds. The lowest BCUT2D eigenvalue weighted by molar-refractivity contribution is -0.206. The number of aliphatic hydroxyl groups is 1. The maximum absolute atomic E-state index is 15.8. The number of pyridine rings is 1. The number of aryl methyl sites for hydroxylation is 1. The van der Waals surface area contributed by atoms with Crippen LogP contribution in [-0.2, 0) is 16.3 Å². The zero-order valence-corrected chi connectivity index (χ0v) is 19.0. The maximum Gasteiger partial charge on any atom is 0.323 e. The Labute approximate surface area is 203 Å². The minimum Gasteiger partial charge on any atom is -0.456 e. The lowest BCUT2D eigenvalue weighted by Crippen LogP contribution is -2.58. The van der Waals surface area contributed by atoms with Crippen LogP contribution in [0.1, 0.15) is 16.8 Å². The molecule has 1 heterocycles. The van der Waals surface area contributed by atoms with E-state index in [0.717, 1.165) is 17.8 Å². The van der Waals surface area contributed by atoms with Crippen molar-refractivity contribution in [2.24, 2.45) is 5.73 Å². The molecular formula is C23H20F4N4O3S. The van der Waals surface area contributed by atoms with Gasteiger partial charge in [0.15, 0.2) is 10.7 Å². The van der Waals surface area contributed by atoms with Crippen LogP contribution in [0.2, 0.25) is 0 Å². The zero-order chi connectivity index (χ0) is 25.8. The first-order valence-electron chi connectivity index (χ1n) is 10.0. The van der Waals surface area contributed by atoms with Crippen LogP contribution in [0.3, 0.4) is 0 Å². The molecule has 3 aromatic rings. The molecule has 7 nitrogen and oxygen atoms in total. The van der Waals surface area contributed by atoms with Crippen LogP contribution in [-0.4, -0.2) is 33.2 Å². The van der Waals surface area contributed by atoms with E-state index in [9.17, 15) is 18.7 Å². The number of aromatic nitrogens is 1. The largest absolute Gasteiger partial charge is 0.456 e. The van der Waals surface area contributed by atoms with E-state index in [4.69, 9.17) is 22.7 Å². The van der Waals surface area contributed by atoms with Crippen molar-refractivity contribution in [3.8, 4) is 11.5 Å². The van der Waals surface area contributed by atoms with E-state index in [1.165, 1.54) is 6.07 Å². The molecule has 35 heavy (non-hydrogen) atoms. The average molecular weight is 508 g/mol. The molecule has 0 bridgehead atoms. The number of benzene rings is 2. The fourth-order valence-electron chi connectivity index (χ4n) is 3.24. The highest BCUT2D eigenvalue weighted by Crippen LogP contribution is 2.46. The average Bonchev–Trinajstić information content (AvgIpc) is 2.80. The van der Waals surface area contributed by atoms with Crippen LogP contribution in [0.25, 0.3) is 0 Å². The number of hydrogen-bond donors (Lipinski definition) is 3. The van der Waals surface area contributed by atoms with Crippen molar-refractivity contribution in [3.63, 3.8) is 0 Å². The topological polar surface area (TPSA) is 101 Å². The summed E-state index contributed by atoms with van der Waals surface area (Å²) in [6.45, 7) is 0.691. The Hall–Kier alpha value is -3.77. The highest BCUT2D eigenvalue weighted by molar-refractivity contribution is 7.80. The van der Waals surface area contributed by atoms with Gasteiger partial charge >= 0.3 is 5.92 Å². The normalized spacial score (nSPS) is 13.0. The van der Waals surface area contributed by atoms with E-state index in [-0.39, 0.29) is 12.2 Å². The molecule has 0 saturated carbocycles. The molecule has 0 aliphatic heterocycles. The van der Waals surface area contributed by atoms with Gasteiger partial charge in [-0.1, -0.05) is 17.7 Å². The number of nitrogens with two attached hydrogens (primary N) is 1. The van der Waals surface area contributed by atoms with Gasteiger partial charge in [0.1, 0.15) is 28.8 Å². The van der Waals surface area contributed by atoms with Crippen LogP contribution in [0, 0.1) is 18.6 Å². The number of halogens is 4. The minimum atomic E-state index is -4.29. The van der Waals surface area contributed by atoms with Gasteiger partial charge in [-0.25, -0.2) is 8.78 Å². The Balaban J connectivity index is 2.02. The maximum atomic E-state index is 15.8. The van der Waals surface area contributed by atoms with Crippen molar-refractivity contribution in [1.82, 2.24) is 15.4 Å². The number of nitrogens with one attached hydrogen (secondary N) is 1. The summed E-state index contributed by atoms with van der Waals surface area (Å²) in [5.74, 6) is -6.24. The summed E-state index contributed by atoms with van der Waals surface area (Å²) in [6.07, 6.45) is 1.08. The molecule has 12 heteroatoms. The highest BCUT2D eigenvalue weighted by atomic mass is 32.1. The number of amides is 1. The number of thiocarbonyl (C=S) groups is 1. The molecule has 1 aromatic heterocycles. The van der Waals surface area contributed by atoms with Gasteiger partial charge in [0.25, 0.3) is 0 Å². The molecule has 0 saturated heterocycles. The van der Waals surface area contributed by atoms with E-state index in [0.29, 0.717) is 29.0 Å². The lowest BCUT2D eigenvalue weighted by Gasteiger charge is -2.39. The molecule has 0 radical (unpaired) electrons. The Kier molecular flexibility index (Phi) is 7.56. The van der Waals surface area contributed by atoms with Crippen molar-refractivity contribution >= 4 is 23.7 Å². The lowest BCUT2D eigenvalue weighted by atomic mass is 9.84. The van der Waals surface area contributed by atoms with Gasteiger partial charge in [-0.2, -0.15) is 8.78 Å². The molecule has 1 unspecified atom stereocenters. The molecule has 184 valence electrons. The Bertz CT molecular complexity index is 1210. The van der Waals surface area contributed by atoms with Crippen molar-refractivity contribution in [2.75, 3.05) is 6.54 Å². The first-order valence-corrected chi connectivity index (χ1v) is 10.4.